The van der Waals surface area contributed by atoms with Crippen LogP contribution in [0.2, 0.25) is 14.8 Å². The molecule has 9 aromatic rings. The third kappa shape index (κ3) is 23.7. The van der Waals surface area contributed by atoms with Crippen molar-refractivity contribution in [2.45, 2.75) is 327 Å². The van der Waals surface area contributed by atoms with Gasteiger partial charge in [0.2, 0.25) is 0 Å². The number of nitrogens with zero attached hydrogens (tertiary/aromatic N) is 1. The summed E-state index contributed by atoms with van der Waals surface area (Å²) in [4.78, 5) is 33.2. The van der Waals surface area contributed by atoms with Crippen molar-refractivity contribution in [2.24, 2.45) is 0 Å². The SMILES string of the molecule is CCCCCCc1cc(-c2sc(-c3sc(-c4sc(-c5sc(-c6sc(-c7sc(-c8s[c]([Sn]([CH3])([CH3])[CH3])cc8CCCCCC)cc7CCCCCC)cc6CCCCCC)cc5CCCCCC)cc4CCCCCC)cc3CCCCCC)cc2CCCCCC)sc1-c1ccc(N(C)C)cc1. The third-order valence-corrected chi connectivity index (χ3v) is 41.0. The molecule has 0 saturated carbocycles. The van der Waals surface area contributed by atoms with Gasteiger partial charge in [0, 0.05) is 58.8 Å². The number of hydrogen-bond donors (Lipinski definition) is 0. The molecule has 0 aliphatic heterocycles. The molecule has 8 aromatic heterocycles. The first kappa shape index (κ1) is 82.5. The fraction of sp³-hybridized carbons (Fsp3) is 0.582. The van der Waals surface area contributed by atoms with E-state index in [1.54, 1.807) is 81.5 Å². The Kier molecular flexibility index (Phi) is 35.5. The van der Waals surface area contributed by atoms with Gasteiger partial charge in [-0.25, -0.2) is 0 Å². The summed E-state index contributed by atoms with van der Waals surface area (Å²) in [5, 5.41) is 0. The molecule has 0 bridgehead atoms. The molecule has 10 heteroatoms. The van der Waals surface area contributed by atoms with Gasteiger partial charge in [0.05, 0.1) is 0 Å². The maximum atomic E-state index is 2.73. The van der Waals surface area contributed by atoms with Gasteiger partial charge in [-0.2, -0.15) is 0 Å². The van der Waals surface area contributed by atoms with E-state index >= 15 is 0 Å². The minimum atomic E-state index is -2.32. The van der Waals surface area contributed by atoms with Crippen LogP contribution < -0.4 is 7.79 Å². The van der Waals surface area contributed by atoms with Crippen LogP contribution in [-0.4, -0.2) is 32.5 Å². The molecule has 101 heavy (non-hydrogen) atoms. The molecule has 0 fully saturated rings. The average molecular weight is 1610 g/mol. The van der Waals surface area contributed by atoms with Crippen LogP contribution in [0.5, 0.6) is 0 Å². The van der Waals surface area contributed by atoms with Crippen molar-refractivity contribution >= 4 is 118 Å². The average Bonchev–Trinajstić information content (AvgIpc) is 1.62. The molecule has 0 radical (unpaired) electrons. The second-order valence-electron chi connectivity index (χ2n) is 30.9. The van der Waals surface area contributed by atoms with Gasteiger partial charge < -0.3 is 4.90 Å². The van der Waals surface area contributed by atoms with E-state index < -0.39 is 18.4 Å². The van der Waals surface area contributed by atoms with Gasteiger partial charge in [-0.3, -0.25) is 0 Å². The van der Waals surface area contributed by atoms with Gasteiger partial charge in [0.15, 0.2) is 0 Å². The first-order valence-corrected chi connectivity index (χ1v) is 57.6. The summed E-state index contributed by atoms with van der Waals surface area (Å²) >= 11 is 14.9. The molecule has 0 N–H and O–H groups in total. The summed E-state index contributed by atoms with van der Waals surface area (Å²) in [6, 6.07) is 31.1. The minimum absolute atomic E-state index is 1.15. The summed E-state index contributed by atoms with van der Waals surface area (Å²) < 4.78 is 1.75. The van der Waals surface area contributed by atoms with Gasteiger partial charge in [0.1, 0.15) is 0 Å². The van der Waals surface area contributed by atoms with Gasteiger partial charge in [-0.05, 0) is 128 Å². The number of benzene rings is 1. The van der Waals surface area contributed by atoms with Crippen molar-refractivity contribution in [3.05, 3.63) is 117 Å². The number of thiophene rings is 8. The van der Waals surface area contributed by atoms with Crippen LogP contribution in [0, 0.1) is 0 Å². The molecular weight excluding hydrogens is 1480 g/mol. The Balaban J connectivity index is 1.16. The zero-order chi connectivity index (χ0) is 71.5. The Morgan fingerprint density at radius 3 is 0.644 bits per heavy atom. The molecule has 0 saturated heterocycles. The van der Waals surface area contributed by atoms with Gasteiger partial charge >= 0.3 is 259 Å². The summed E-state index contributed by atoms with van der Waals surface area (Å²) in [6.45, 7) is 18.9. The van der Waals surface area contributed by atoms with Crippen molar-refractivity contribution in [2.75, 3.05) is 19.0 Å². The summed E-state index contributed by atoms with van der Waals surface area (Å²) in [6.07, 6.45) is 50.8. The smallest absolute Gasteiger partial charge is 0.378 e. The molecule has 0 amide bonds. The zero-order valence-corrected chi connectivity index (χ0v) is 74.8. The van der Waals surface area contributed by atoms with Crippen LogP contribution in [0.3, 0.4) is 0 Å². The number of aryl methyl sites for hydroxylation is 8. The van der Waals surface area contributed by atoms with Crippen LogP contribution in [0.4, 0.5) is 5.69 Å². The molecule has 9 rings (SSSR count). The topological polar surface area (TPSA) is 3.24 Å². The Morgan fingerprint density at radius 1 is 0.238 bits per heavy atom. The normalized spacial score (nSPS) is 12.0. The predicted octanol–water partition coefficient (Wildman–Crippen LogP) is 33.1. The molecule has 0 aliphatic carbocycles. The Bertz CT molecular complexity index is 3830. The van der Waals surface area contributed by atoms with Crippen molar-refractivity contribution in [3.8, 4) is 78.7 Å². The molecular formula is C91H131NS8Sn. The van der Waals surface area contributed by atoms with E-state index in [4.69, 9.17) is 0 Å². The molecule has 0 atom stereocenters. The molecule has 0 unspecified atom stereocenters. The summed E-state index contributed by atoms with van der Waals surface area (Å²) in [5.74, 6) is 0. The first-order chi connectivity index (χ1) is 49.2. The number of anilines is 1. The second kappa shape index (κ2) is 43.4. The quantitative estimate of drug-likeness (QED) is 0.0271. The minimum Gasteiger partial charge on any atom is -0.378 e. The van der Waals surface area contributed by atoms with E-state index in [0.717, 1.165) is 32.1 Å². The zero-order valence-electron chi connectivity index (χ0n) is 65.4. The number of hydrogen-bond acceptors (Lipinski definition) is 9. The molecule has 8 heterocycles. The van der Waals surface area contributed by atoms with Crippen LogP contribution in [-0.2, 0) is 51.4 Å². The van der Waals surface area contributed by atoms with Gasteiger partial charge in [0.25, 0.3) is 0 Å². The van der Waals surface area contributed by atoms with E-state index in [1.807, 2.05) is 0 Å². The van der Waals surface area contributed by atoms with Crippen molar-refractivity contribution in [3.63, 3.8) is 0 Å². The molecule has 552 valence electrons. The third-order valence-electron chi connectivity index (χ3n) is 20.8. The second-order valence-corrected chi connectivity index (χ2v) is 54.7. The summed E-state index contributed by atoms with van der Waals surface area (Å²) in [5.41, 5.74) is 15.4. The van der Waals surface area contributed by atoms with E-state index in [2.05, 4.69) is 253 Å². The Hall–Kier alpha value is -2.58. The first-order valence-electron chi connectivity index (χ1n) is 41.1. The maximum absolute atomic E-state index is 2.73. The molecule has 1 nitrogen and oxygen atoms in total. The molecule has 0 aliphatic rings. The van der Waals surface area contributed by atoms with E-state index in [9.17, 15) is 0 Å². The van der Waals surface area contributed by atoms with Crippen molar-refractivity contribution in [1.82, 2.24) is 0 Å². The Labute approximate surface area is 653 Å². The van der Waals surface area contributed by atoms with Crippen LogP contribution in [0.15, 0.2) is 72.8 Å². The summed E-state index contributed by atoms with van der Waals surface area (Å²) in [7, 11) is 4.32. The van der Waals surface area contributed by atoms with Crippen molar-refractivity contribution in [1.29, 1.82) is 0 Å². The van der Waals surface area contributed by atoms with E-state index in [1.165, 1.54) is 275 Å². The van der Waals surface area contributed by atoms with Crippen LogP contribution in [0.1, 0.15) is 305 Å². The molecule has 1 aromatic carbocycles. The fourth-order valence-corrected chi connectivity index (χ4v) is 30.5. The van der Waals surface area contributed by atoms with Crippen molar-refractivity contribution < 1.29 is 0 Å². The number of unbranched alkanes of at least 4 members (excludes halogenated alkanes) is 24. The molecule has 0 spiro atoms. The monoisotopic (exact) mass is 1610 g/mol. The number of rotatable bonds is 50. The van der Waals surface area contributed by atoms with Gasteiger partial charge in [-0.15, -0.1) is 45.3 Å². The fourth-order valence-electron chi connectivity index (χ4n) is 14.6. The van der Waals surface area contributed by atoms with Crippen LogP contribution in [0.25, 0.3) is 78.7 Å². The van der Waals surface area contributed by atoms with Crippen LogP contribution >= 0.6 is 90.7 Å². The standard InChI is InChI=1S/C88H122NS8.3CH3.Sn/c1-11-19-27-35-43-64-55-56-90-82(64)74-58-67(45-37-29-21-13-3)84(92-74)76-60-69(47-39-31-23-15-5)86(94-76)78-62-71(49-41-33-25-17-7)88(96-78)80-63-72(50-42-34-26-18-8)87(97-80)79-61-70(48-40-32-24-16-6)85(95-79)77-59-68(46-38-30-22-14-4)83(93-77)75-57-66(44-36-28-20-12-2)81(91-75)65-51-53-73(54-52-65)89(9)10;;;;/h51-55,57-63H,11-50H2,1-10H3;3*1H3;. The van der Waals surface area contributed by atoms with E-state index in [-0.39, 0.29) is 0 Å². The Morgan fingerprint density at radius 2 is 0.436 bits per heavy atom. The predicted molar refractivity (Wildman–Crippen MR) is 473 cm³/mol. The van der Waals surface area contributed by atoms with E-state index in [0.29, 0.717) is 0 Å². The van der Waals surface area contributed by atoms with Gasteiger partial charge in [-0.1, -0.05) is 163 Å².